The van der Waals surface area contributed by atoms with Crippen molar-refractivity contribution in [1.82, 2.24) is 4.90 Å². The average Bonchev–Trinajstić information content (AvgIpc) is 1.59. The molecule has 9 heavy (non-hydrogen) atoms. The van der Waals surface area contributed by atoms with E-state index < -0.39 is 0 Å². The van der Waals surface area contributed by atoms with Crippen LogP contribution in [-0.2, 0) is 4.79 Å². The average molecular weight is 128 g/mol. The highest BCUT2D eigenvalue weighted by Crippen LogP contribution is 2.16. The second kappa shape index (κ2) is 1.70. The third-order valence-electron chi connectivity index (χ3n) is 1.55. The summed E-state index contributed by atoms with van der Waals surface area (Å²) in [5.74, 6) is 0.123. The molecule has 0 unspecified atom stereocenters. The Morgan fingerprint density at radius 2 is 2.11 bits per heavy atom. The van der Waals surface area contributed by atoms with E-state index in [1.807, 2.05) is 6.92 Å². The molecule has 0 bridgehead atoms. The van der Waals surface area contributed by atoms with Gasteiger partial charge in [0, 0.05) is 25.6 Å². The molecule has 52 valence electrons. The normalized spacial score (nSPS) is 23.2. The molecule has 0 aromatic rings. The highest BCUT2D eigenvalue weighted by molar-refractivity contribution is 5.74. The summed E-state index contributed by atoms with van der Waals surface area (Å²) in [6.45, 7) is 4.94. The predicted octanol–water partition coefficient (Wildman–Crippen LogP) is -0.434. The summed E-state index contributed by atoms with van der Waals surface area (Å²) in [4.78, 5) is 12.3. The quantitative estimate of drug-likeness (QED) is 0.481. The predicted molar refractivity (Wildman–Crippen MR) is 34.8 cm³/mol. The Bertz CT molecular complexity index is 134. The minimum Gasteiger partial charge on any atom is -0.339 e. The maximum Gasteiger partial charge on any atom is 0.219 e. The Kier molecular flexibility index (Phi) is 1.24. The van der Waals surface area contributed by atoms with Crippen molar-refractivity contribution in [2.45, 2.75) is 19.4 Å². The van der Waals surface area contributed by atoms with Gasteiger partial charge in [0.2, 0.25) is 5.91 Å². The molecule has 1 aliphatic heterocycles. The number of likely N-dealkylation sites (tertiary alicyclic amines) is 1. The standard InChI is InChI=1S/C6H12N2O/c1-5(9)8-3-6(2,7)4-8/h3-4,7H2,1-2H3. The van der Waals surface area contributed by atoms with Crippen LogP contribution in [0, 0.1) is 0 Å². The van der Waals surface area contributed by atoms with Crippen LogP contribution in [0.15, 0.2) is 0 Å². The first-order valence-electron chi connectivity index (χ1n) is 3.06. The Morgan fingerprint density at radius 1 is 1.67 bits per heavy atom. The summed E-state index contributed by atoms with van der Waals surface area (Å²) in [5, 5.41) is 0. The Labute approximate surface area is 54.8 Å². The molecule has 0 aliphatic carbocycles. The number of hydrogen-bond donors (Lipinski definition) is 1. The van der Waals surface area contributed by atoms with Crippen molar-refractivity contribution in [1.29, 1.82) is 0 Å². The molecule has 3 heteroatoms. The molecule has 1 amide bonds. The second-order valence-corrected chi connectivity index (χ2v) is 3.03. The van der Waals surface area contributed by atoms with Gasteiger partial charge >= 0.3 is 0 Å². The lowest BCUT2D eigenvalue weighted by Crippen LogP contribution is -2.66. The van der Waals surface area contributed by atoms with Crippen molar-refractivity contribution in [2.24, 2.45) is 5.73 Å². The molecule has 1 heterocycles. The maximum atomic E-state index is 10.6. The molecular weight excluding hydrogens is 116 g/mol. The maximum absolute atomic E-state index is 10.6. The molecule has 3 nitrogen and oxygen atoms in total. The molecule has 1 rings (SSSR count). The third kappa shape index (κ3) is 1.21. The summed E-state index contributed by atoms with van der Waals surface area (Å²) in [5.41, 5.74) is 5.54. The van der Waals surface area contributed by atoms with E-state index in [1.165, 1.54) is 0 Å². The minimum absolute atomic E-state index is 0.119. The van der Waals surface area contributed by atoms with Crippen LogP contribution in [-0.4, -0.2) is 29.4 Å². The summed E-state index contributed by atoms with van der Waals surface area (Å²) in [7, 11) is 0. The highest BCUT2D eigenvalue weighted by Gasteiger charge is 2.35. The first-order chi connectivity index (χ1) is 4.01. The zero-order chi connectivity index (χ0) is 7.07. The lowest BCUT2D eigenvalue weighted by Gasteiger charge is -2.44. The van der Waals surface area contributed by atoms with E-state index in [0.29, 0.717) is 13.1 Å². The van der Waals surface area contributed by atoms with Gasteiger partial charge in [0.15, 0.2) is 0 Å². The van der Waals surface area contributed by atoms with Crippen LogP contribution < -0.4 is 5.73 Å². The molecule has 0 spiro atoms. The minimum atomic E-state index is -0.119. The van der Waals surface area contributed by atoms with Crippen LogP contribution in [0.5, 0.6) is 0 Å². The Morgan fingerprint density at radius 3 is 2.22 bits per heavy atom. The SMILES string of the molecule is CC(=O)N1CC(C)(N)C1. The van der Waals surface area contributed by atoms with Crippen molar-refractivity contribution in [3.63, 3.8) is 0 Å². The monoisotopic (exact) mass is 128 g/mol. The van der Waals surface area contributed by atoms with Crippen LogP contribution in [0.1, 0.15) is 13.8 Å². The largest absolute Gasteiger partial charge is 0.339 e. The lowest BCUT2D eigenvalue weighted by atomic mass is 9.94. The number of nitrogens with two attached hydrogens (primary N) is 1. The summed E-state index contributed by atoms with van der Waals surface area (Å²) in [6, 6.07) is 0. The number of carbonyl (C=O) groups is 1. The van der Waals surface area contributed by atoms with Crippen LogP contribution in [0.2, 0.25) is 0 Å². The zero-order valence-electron chi connectivity index (χ0n) is 5.85. The van der Waals surface area contributed by atoms with Gasteiger partial charge in [-0.3, -0.25) is 4.79 Å². The van der Waals surface area contributed by atoms with Gasteiger partial charge in [-0.25, -0.2) is 0 Å². The van der Waals surface area contributed by atoms with Crippen molar-refractivity contribution in [3.8, 4) is 0 Å². The van der Waals surface area contributed by atoms with Gasteiger partial charge < -0.3 is 10.6 Å². The van der Waals surface area contributed by atoms with Crippen LogP contribution in [0.25, 0.3) is 0 Å². The van der Waals surface area contributed by atoms with Gasteiger partial charge in [0.1, 0.15) is 0 Å². The van der Waals surface area contributed by atoms with E-state index in [2.05, 4.69) is 0 Å². The second-order valence-electron chi connectivity index (χ2n) is 3.03. The van der Waals surface area contributed by atoms with Crippen molar-refractivity contribution < 1.29 is 4.79 Å². The van der Waals surface area contributed by atoms with Crippen molar-refractivity contribution in [2.75, 3.05) is 13.1 Å². The first-order valence-corrected chi connectivity index (χ1v) is 3.06. The topological polar surface area (TPSA) is 46.3 Å². The fraction of sp³-hybridized carbons (Fsp3) is 0.833. The number of nitrogens with zero attached hydrogens (tertiary/aromatic N) is 1. The van der Waals surface area contributed by atoms with Crippen molar-refractivity contribution >= 4 is 5.91 Å². The summed E-state index contributed by atoms with van der Waals surface area (Å²) >= 11 is 0. The number of hydrogen-bond acceptors (Lipinski definition) is 2. The van der Waals surface area contributed by atoms with E-state index >= 15 is 0 Å². The highest BCUT2D eigenvalue weighted by atomic mass is 16.2. The molecule has 0 saturated carbocycles. The number of carbonyl (C=O) groups excluding carboxylic acids is 1. The molecule has 0 aromatic carbocycles. The van der Waals surface area contributed by atoms with Crippen LogP contribution in [0.3, 0.4) is 0 Å². The molecule has 0 aromatic heterocycles. The Hall–Kier alpha value is -0.570. The third-order valence-corrected chi connectivity index (χ3v) is 1.55. The number of amides is 1. The van der Waals surface area contributed by atoms with E-state index in [9.17, 15) is 4.79 Å². The molecule has 0 atom stereocenters. The van der Waals surface area contributed by atoms with Gasteiger partial charge in [-0.2, -0.15) is 0 Å². The van der Waals surface area contributed by atoms with Gasteiger partial charge in [-0.1, -0.05) is 0 Å². The smallest absolute Gasteiger partial charge is 0.219 e. The molecular formula is C6H12N2O. The number of rotatable bonds is 0. The van der Waals surface area contributed by atoms with Gasteiger partial charge in [-0.15, -0.1) is 0 Å². The first kappa shape index (κ1) is 6.55. The molecule has 1 fully saturated rings. The fourth-order valence-electron chi connectivity index (χ4n) is 1.05. The summed E-state index contributed by atoms with van der Waals surface area (Å²) in [6.07, 6.45) is 0. The van der Waals surface area contributed by atoms with E-state index in [4.69, 9.17) is 5.73 Å². The Balaban J connectivity index is 2.35. The van der Waals surface area contributed by atoms with E-state index in [-0.39, 0.29) is 11.4 Å². The zero-order valence-corrected chi connectivity index (χ0v) is 5.85. The summed E-state index contributed by atoms with van der Waals surface area (Å²) < 4.78 is 0. The van der Waals surface area contributed by atoms with E-state index in [1.54, 1.807) is 11.8 Å². The van der Waals surface area contributed by atoms with E-state index in [0.717, 1.165) is 0 Å². The van der Waals surface area contributed by atoms with Crippen LogP contribution in [0.4, 0.5) is 0 Å². The van der Waals surface area contributed by atoms with Crippen LogP contribution >= 0.6 is 0 Å². The molecule has 2 N–H and O–H groups in total. The van der Waals surface area contributed by atoms with Gasteiger partial charge in [0.25, 0.3) is 0 Å². The molecule has 1 aliphatic rings. The van der Waals surface area contributed by atoms with Crippen molar-refractivity contribution in [3.05, 3.63) is 0 Å². The van der Waals surface area contributed by atoms with Gasteiger partial charge in [-0.05, 0) is 6.92 Å². The van der Waals surface area contributed by atoms with Gasteiger partial charge in [0.05, 0.1) is 0 Å². The fourth-order valence-corrected chi connectivity index (χ4v) is 1.05. The molecule has 0 radical (unpaired) electrons. The lowest BCUT2D eigenvalue weighted by molar-refractivity contribution is -0.135. The molecule has 1 saturated heterocycles.